The van der Waals surface area contributed by atoms with Gasteiger partial charge in [-0.3, -0.25) is 4.79 Å². The number of hydrogen-bond donors (Lipinski definition) is 0. The van der Waals surface area contributed by atoms with Crippen LogP contribution in [0.5, 0.6) is 0 Å². The van der Waals surface area contributed by atoms with Crippen LogP contribution in [0.4, 0.5) is 0 Å². The van der Waals surface area contributed by atoms with Crippen LogP contribution in [-0.2, 0) is 18.7 Å². The molecule has 1 aliphatic heterocycles. The maximum absolute atomic E-state index is 11.6. The molecule has 1 heterocycles. The number of carbonyl (C=O) groups is 1. The molecule has 0 bridgehead atoms. The molecule has 0 saturated carbocycles. The van der Waals surface area contributed by atoms with E-state index in [4.69, 9.17) is 13.9 Å². The van der Waals surface area contributed by atoms with Crippen molar-refractivity contribution in [3.63, 3.8) is 0 Å². The van der Waals surface area contributed by atoms with Crippen molar-refractivity contribution in [1.82, 2.24) is 0 Å². The van der Waals surface area contributed by atoms with Crippen molar-refractivity contribution in [2.45, 2.75) is 95.9 Å². The first-order valence-corrected chi connectivity index (χ1v) is 11.4. The number of allylic oxidation sites excluding steroid dienone is 1. The van der Waals surface area contributed by atoms with E-state index in [-0.39, 0.29) is 18.2 Å². The van der Waals surface area contributed by atoms with Crippen LogP contribution in [0, 0.1) is 0 Å². The molecule has 0 unspecified atom stereocenters. The summed E-state index contributed by atoms with van der Waals surface area (Å²) in [5.74, 6) is 0.115. The summed E-state index contributed by atoms with van der Waals surface area (Å²) in [5, 5.41) is 0. The molecule has 0 amide bonds. The van der Waals surface area contributed by atoms with E-state index in [1.54, 1.807) is 6.08 Å². The number of carbonyl (C=O) groups excluding carboxylic acids is 1. The molecule has 1 fully saturated rings. The lowest BCUT2D eigenvalue weighted by molar-refractivity contribution is -0.118. The fraction of sp³-hybridized carbons (Fsp3) is 0.842. The molecule has 1 saturated heterocycles. The van der Waals surface area contributed by atoms with Gasteiger partial charge in [0.05, 0.1) is 0 Å². The Morgan fingerprint density at radius 1 is 1.21 bits per heavy atom. The zero-order valence-corrected chi connectivity index (χ0v) is 17.3. The fourth-order valence-corrected chi connectivity index (χ4v) is 10.0. The molecule has 2 aliphatic rings. The highest BCUT2D eigenvalue weighted by Crippen LogP contribution is 2.43. The predicted molar refractivity (Wildman–Crippen MR) is 98.5 cm³/mol. The smallest absolute Gasteiger partial charge is 0.200 e. The van der Waals surface area contributed by atoms with E-state index < -0.39 is 13.9 Å². The minimum atomic E-state index is -1.85. The van der Waals surface area contributed by atoms with Crippen LogP contribution in [0.1, 0.15) is 61.3 Å². The van der Waals surface area contributed by atoms with Gasteiger partial charge in [0, 0.05) is 19.4 Å². The van der Waals surface area contributed by atoms with Gasteiger partial charge < -0.3 is 13.9 Å². The average molecular weight is 355 g/mol. The van der Waals surface area contributed by atoms with Crippen LogP contribution in [0.2, 0.25) is 16.6 Å². The summed E-state index contributed by atoms with van der Waals surface area (Å²) in [7, 11) is -1.85. The third-order valence-corrected chi connectivity index (χ3v) is 11.9. The highest BCUT2D eigenvalue weighted by atomic mass is 28.4. The molecule has 3 atom stereocenters. The van der Waals surface area contributed by atoms with Crippen molar-refractivity contribution in [1.29, 1.82) is 0 Å². The minimum Gasteiger partial charge on any atom is -0.416 e. The SMILES string of the molecule is CC(C)[Si](OCC[C@@H]1O[C@H]2CC(=O)C=C[C@@]2(C)O1)(C(C)C)C(C)C. The zero-order valence-electron chi connectivity index (χ0n) is 16.3. The Morgan fingerprint density at radius 3 is 2.33 bits per heavy atom. The highest BCUT2D eigenvalue weighted by Gasteiger charge is 2.48. The Labute approximate surface area is 148 Å². The van der Waals surface area contributed by atoms with E-state index in [9.17, 15) is 4.79 Å². The van der Waals surface area contributed by atoms with Crippen LogP contribution < -0.4 is 0 Å². The van der Waals surface area contributed by atoms with Gasteiger partial charge >= 0.3 is 0 Å². The summed E-state index contributed by atoms with van der Waals surface area (Å²) >= 11 is 0. The van der Waals surface area contributed by atoms with Gasteiger partial charge in [0.25, 0.3) is 0 Å². The molecule has 0 aromatic heterocycles. The summed E-state index contributed by atoms with van der Waals surface area (Å²) in [5.41, 5.74) is 1.25. The standard InChI is InChI=1S/C19H34O4Si/c1-13(2)24(14(3)4,15(5)6)21-11-9-18-22-17-12-16(20)8-10-19(17,7)23-18/h8,10,13-15,17-18H,9,11-12H2,1-7H3/t17-,18+,19+/m0/s1. The molecule has 5 heteroatoms. The van der Waals surface area contributed by atoms with Gasteiger partial charge in [0.15, 0.2) is 20.4 Å². The van der Waals surface area contributed by atoms with Crippen LogP contribution in [0.15, 0.2) is 12.2 Å². The lowest BCUT2D eigenvalue weighted by Crippen LogP contribution is -2.48. The number of fused-ring (bicyclic) bond motifs is 1. The van der Waals surface area contributed by atoms with E-state index >= 15 is 0 Å². The zero-order chi connectivity index (χ0) is 18.1. The van der Waals surface area contributed by atoms with Crippen molar-refractivity contribution in [2.75, 3.05) is 6.61 Å². The number of hydrogen-bond acceptors (Lipinski definition) is 4. The van der Waals surface area contributed by atoms with Crippen LogP contribution >= 0.6 is 0 Å². The van der Waals surface area contributed by atoms with E-state index in [1.807, 2.05) is 13.0 Å². The van der Waals surface area contributed by atoms with Crippen LogP contribution in [0.3, 0.4) is 0 Å². The van der Waals surface area contributed by atoms with Crippen LogP contribution in [-0.4, -0.2) is 38.7 Å². The summed E-state index contributed by atoms with van der Waals surface area (Å²) in [6, 6.07) is 0. The van der Waals surface area contributed by atoms with Gasteiger partial charge in [-0.15, -0.1) is 0 Å². The topological polar surface area (TPSA) is 44.8 Å². The number of rotatable bonds is 7. The van der Waals surface area contributed by atoms with Crippen LogP contribution in [0.25, 0.3) is 0 Å². The van der Waals surface area contributed by atoms with Crippen molar-refractivity contribution >= 4 is 14.1 Å². The Hall–Kier alpha value is -0.493. The maximum atomic E-state index is 11.6. The maximum Gasteiger partial charge on any atom is 0.200 e. The first-order valence-electron chi connectivity index (χ1n) is 9.31. The van der Waals surface area contributed by atoms with Gasteiger partial charge in [-0.05, 0) is 35.7 Å². The molecule has 0 aromatic rings. The average Bonchev–Trinajstić information content (AvgIpc) is 2.78. The van der Waals surface area contributed by atoms with Crippen molar-refractivity contribution in [2.24, 2.45) is 0 Å². The normalized spacial score (nSPS) is 30.7. The summed E-state index contributed by atoms with van der Waals surface area (Å²) in [6.07, 6.45) is 4.14. The van der Waals surface area contributed by atoms with E-state index in [1.165, 1.54) is 0 Å². The lowest BCUT2D eigenvalue weighted by atomic mass is 9.89. The molecule has 24 heavy (non-hydrogen) atoms. The quantitative estimate of drug-likeness (QED) is 0.627. The van der Waals surface area contributed by atoms with Gasteiger partial charge in [-0.2, -0.15) is 0 Å². The predicted octanol–water partition coefficient (Wildman–Crippen LogP) is 4.60. The first-order chi connectivity index (χ1) is 11.1. The third kappa shape index (κ3) is 3.69. The molecular weight excluding hydrogens is 320 g/mol. The minimum absolute atomic E-state index is 0.115. The third-order valence-electron chi connectivity index (χ3n) is 5.74. The molecule has 0 radical (unpaired) electrons. The first kappa shape index (κ1) is 19.8. The monoisotopic (exact) mass is 354 g/mol. The summed E-state index contributed by atoms with van der Waals surface area (Å²) < 4.78 is 18.6. The van der Waals surface area contributed by atoms with Gasteiger partial charge in [-0.25, -0.2) is 0 Å². The van der Waals surface area contributed by atoms with Crippen molar-refractivity contribution in [3.05, 3.63) is 12.2 Å². The number of ether oxygens (including phenoxy) is 2. The second kappa shape index (κ2) is 7.40. The molecule has 0 aromatic carbocycles. The molecule has 2 rings (SSSR count). The summed E-state index contributed by atoms with van der Waals surface area (Å²) in [6.45, 7) is 16.4. The van der Waals surface area contributed by atoms with E-state index in [0.717, 1.165) is 6.42 Å². The Kier molecular flexibility index (Phi) is 6.11. The van der Waals surface area contributed by atoms with Gasteiger partial charge in [0.2, 0.25) is 0 Å². The largest absolute Gasteiger partial charge is 0.416 e. The Bertz CT molecular complexity index is 464. The lowest BCUT2D eigenvalue weighted by Gasteiger charge is -2.42. The van der Waals surface area contributed by atoms with E-state index in [2.05, 4.69) is 41.5 Å². The van der Waals surface area contributed by atoms with E-state index in [0.29, 0.717) is 29.7 Å². The highest BCUT2D eigenvalue weighted by molar-refractivity contribution is 6.77. The molecule has 138 valence electrons. The Morgan fingerprint density at radius 2 is 1.79 bits per heavy atom. The molecule has 4 nitrogen and oxygen atoms in total. The molecule has 1 aliphatic carbocycles. The molecule has 0 N–H and O–H groups in total. The van der Waals surface area contributed by atoms with Crippen molar-refractivity contribution < 1.29 is 18.7 Å². The second-order valence-electron chi connectivity index (χ2n) is 8.31. The van der Waals surface area contributed by atoms with Gasteiger partial charge in [0.1, 0.15) is 11.7 Å². The Balaban J connectivity index is 1.95. The molecule has 0 spiro atoms. The number of ketones is 1. The summed E-state index contributed by atoms with van der Waals surface area (Å²) in [4.78, 5) is 11.6. The van der Waals surface area contributed by atoms with Crippen molar-refractivity contribution in [3.8, 4) is 0 Å². The molecular formula is C19H34O4Si. The van der Waals surface area contributed by atoms with Gasteiger partial charge in [-0.1, -0.05) is 41.5 Å². The second-order valence-corrected chi connectivity index (χ2v) is 13.8. The fourth-order valence-electron chi connectivity index (χ4n) is 4.57.